The smallest absolute Gasteiger partial charge is 0.496 e. The highest BCUT2D eigenvalue weighted by Gasteiger charge is 2.41. The Labute approximate surface area is 198 Å². The number of aliphatic hydroxyl groups is 1. The van der Waals surface area contributed by atoms with Gasteiger partial charge >= 0.3 is 6.36 Å². The van der Waals surface area contributed by atoms with Crippen LogP contribution in [0.15, 0.2) is 42.5 Å². The van der Waals surface area contributed by atoms with Crippen molar-refractivity contribution in [1.82, 2.24) is 10.2 Å². The standard InChI is InChI=1S/C26H33F3N2O3/c1-33-24-9-8-20(19-6-5-7-21(16-19)34-26(27,28)29)17-22(24)23(18-31-14-12-30-13-15-31)25(32)10-3-2-4-11-25/h5-9,16-17,23,30,32H,2-4,10-15,18H2,1H3. The number of hydrogen-bond acceptors (Lipinski definition) is 5. The number of ether oxygens (including phenoxy) is 2. The molecule has 1 heterocycles. The number of alkyl halides is 3. The highest BCUT2D eigenvalue weighted by atomic mass is 19.4. The highest BCUT2D eigenvalue weighted by Crippen LogP contribution is 2.44. The minimum atomic E-state index is -4.75. The largest absolute Gasteiger partial charge is 0.573 e. The van der Waals surface area contributed by atoms with Crippen LogP contribution >= 0.6 is 0 Å². The zero-order valence-electron chi connectivity index (χ0n) is 19.5. The van der Waals surface area contributed by atoms with Crippen LogP contribution in [0.3, 0.4) is 0 Å². The molecule has 4 rings (SSSR count). The number of nitrogens with zero attached hydrogens (tertiary/aromatic N) is 1. The van der Waals surface area contributed by atoms with Gasteiger partial charge in [0, 0.05) is 44.2 Å². The predicted octanol–water partition coefficient (Wildman–Crippen LogP) is 4.94. The van der Waals surface area contributed by atoms with Gasteiger partial charge in [-0.3, -0.25) is 0 Å². The van der Waals surface area contributed by atoms with Crippen molar-refractivity contribution in [3.8, 4) is 22.6 Å². The zero-order valence-corrected chi connectivity index (χ0v) is 19.5. The minimum absolute atomic E-state index is 0.171. The lowest BCUT2D eigenvalue weighted by molar-refractivity contribution is -0.274. The van der Waals surface area contributed by atoms with Crippen molar-refractivity contribution in [2.24, 2.45) is 0 Å². The van der Waals surface area contributed by atoms with E-state index in [0.717, 1.165) is 69.4 Å². The first-order valence-corrected chi connectivity index (χ1v) is 12.0. The van der Waals surface area contributed by atoms with Gasteiger partial charge in [0.15, 0.2) is 0 Å². The lowest BCUT2D eigenvalue weighted by Gasteiger charge is -2.43. The molecule has 5 nitrogen and oxygen atoms in total. The van der Waals surface area contributed by atoms with Crippen LogP contribution in [0, 0.1) is 0 Å². The monoisotopic (exact) mass is 478 g/mol. The molecule has 2 aromatic rings. The van der Waals surface area contributed by atoms with E-state index in [-0.39, 0.29) is 11.7 Å². The molecule has 0 bridgehead atoms. The summed E-state index contributed by atoms with van der Waals surface area (Å²) in [4.78, 5) is 2.37. The van der Waals surface area contributed by atoms with Crippen molar-refractivity contribution in [1.29, 1.82) is 0 Å². The number of hydrogen-bond donors (Lipinski definition) is 2. The van der Waals surface area contributed by atoms with Gasteiger partial charge in [-0.25, -0.2) is 0 Å². The van der Waals surface area contributed by atoms with Gasteiger partial charge in [-0.2, -0.15) is 0 Å². The topological polar surface area (TPSA) is 54.0 Å². The van der Waals surface area contributed by atoms with E-state index in [1.165, 1.54) is 12.1 Å². The zero-order chi connectivity index (χ0) is 24.2. The number of piperazine rings is 1. The summed E-state index contributed by atoms with van der Waals surface area (Å²) in [5.74, 6) is 0.256. The molecule has 0 amide bonds. The Balaban J connectivity index is 1.72. The number of halogens is 3. The molecule has 2 aromatic carbocycles. The Kier molecular flexibility index (Phi) is 7.70. The molecule has 1 atom stereocenters. The van der Waals surface area contributed by atoms with Crippen LogP contribution in [-0.4, -0.2) is 61.8 Å². The van der Waals surface area contributed by atoms with Gasteiger partial charge in [0.2, 0.25) is 0 Å². The average molecular weight is 479 g/mol. The predicted molar refractivity (Wildman–Crippen MR) is 125 cm³/mol. The molecule has 0 radical (unpaired) electrons. The Hall–Kier alpha value is -2.29. The first kappa shape index (κ1) is 24.8. The second-order valence-corrected chi connectivity index (χ2v) is 9.30. The van der Waals surface area contributed by atoms with Gasteiger partial charge in [-0.15, -0.1) is 13.2 Å². The van der Waals surface area contributed by atoms with Crippen molar-refractivity contribution < 1.29 is 27.8 Å². The summed E-state index contributed by atoms with van der Waals surface area (Å²) in [5, 5.41) is 15.2. The Morgan fingerprint density at radius 3 is 2.41 bits per heavy atom. The van der Waals surface area contributed by atoms with Crippen LogP contribution in [0.4, 0.5) is 13.2 Å². The molecule has 8 heteroatoms. The Bertz CT molecular complexity index is 955. The molecule has 1 saturated heterocycles. The minimum Gasteiger partial charge on any atom is -0.496 e. The maximum Gasteiger partial charge on any atom is 0.573 e. The molecule has 2 N–H and O–H groups in total. The van der Waals surface area contributed by atoms with Gasteiger partial charge < -0.3 is 24.8 Å². The van der Waals surface area contributed by atoms with Crippen molar-refractivity contribution in [2.75, 3.05) is 39.8 Å². The van der Waals surface area contributed by atoms with Crippen LogP contribution in [0.1, 0.15) is 43.6 Å². The summed E-state index contributed by atoms with van der Waals surface area (Å²) >= 11 is 0. The van der Waals surface area contributed by atoms with Crippen molar-refractivity contribution >= 4 is 0 Å². The van der Waals surface area contributed by atoms with E-state index in [1.54, 1.807) is 19.2 Å². The molecule has 1 aliphatic heterocycles. The molecule has 0 aromatic heterocycles. The van der Waals surface area contributed by atoms with Crippen LogP contribution < -0.4 is 14.8 Å². The molecule has 2 fully saturated rings. The van der Waals surface area contributed by atoms with Crippen LogP contribution in [-0.2, 0) is 0 Å². The van der Waals surface area contributed by atoms with E-state index in [1.807, 2.05) is 18.2 Å². The van der Waals surface area contributed by atoms with Crippen LogP contribution in [0.5, 0.6) is 11.5 Å². The van der Waals surface area contributed by atoms with E-state index in [9.17, 15) is 18.3 Å². The fraction of sp³-hybridized carbons (Fsp3) is 0.538. The lowest BCUT2D eigenvalue weighted by atomic mass is 9.72. The van der Waals surface area contributed by atoms with Gasteiger partial charge in [0.1, 0.15) is 11.5 Å². The quantitative estimate of drug-likeness (QED) is 0.590. The number of methoxy groups -OCH3 is 1. The van der Waals surface area contributed by atoms with Crippen molar-refractivity contribution in [3.05, 3.63) is 48.0 Å². The van der Waals surface area contributed by atoms with E-state index in [2.05, 4.69) is 15.0 Å². The van der Waals surface area contributed by atoms with Gasteiger partial charge in [-0.1, -0.05) is 37.5 Å². The summed E-state index contributed by atoms with van der Waals surface area (Å²) in [6, 6.07) is 11.6. The number of rotatable bonds is 7. The fourth-order valence-corrected chi connectivity index (χ4v) is 5.28. The normalized spacial score (nSPS) is 20.0. The first-order valence-electron chi connectivity index (χ1n) is 12.0. The maximum atomic E-state index is 12.7. The third kappa shape index (κ3) is 6.03. The maximum absolute atomic E-state index is 12.7. The molecule has 1 aliphatic carbocycles. The second-order valence-electron chi connectivity index (χ2n) is 9.30. The molecule has 186 valence electrons. The summed E-state index contributed by atoms with van der Waals surface area (Å²) in [6.45, 7) is 4.34. The summed E-state index contributed by atoms with van der Waals surface area (Å²) in [7, 11) is 1.61. The van der Waals surface area contributed by atoms with E-state index in [0.29, 0.717) is 17.9 Å². The molecule has 1 unspecified atom stereocenters. The highest BCUT2D eigenvalue weighted by molar-refractivity contribution is 5.67. The fourth-order valence-electron chi connectivity index (χ4n) is 5.28. The third-order valence-corrected chi connectivity index (χ3v) is 7.02. The Morgan fingerprint density at radius 2 is 1.74 bits per heavy atom. The van der Waals surface area contributed by atoms with Crippen molar-refractivity contribution in [2.45, 2.75) is 50.0 Å². The Morgan fingerprint density at radius 1 is 1.03 bits per heavy atom. The molecular formula is C26H33F3N2O3. The molecule has 0 spiro atoms. The van der Waals surface area contributed by atoms with Gasteiger partial charge in [-0.05, 0) is 48.2 Å². The lowest BCUT2D eigenvalue weighted by Crippen LogP contribution is -2.49. The SMILES string of the molecule is COc1ccc(-c2cccc(OC(F)(F)F)c2)cc1C(CN1CCNCC1)C1(O)CCCCC1. The molecule has 1 saturated carbocycles. The summed E-state index contributed by atoms with van der Waals surface area (Å²) in [6.07, 6.45) is -0.215. The summed E-state index contributed by atoms with van der Waals surface area (Å²) in [5.41, 5.74) is 1.41. The van der Waals surface area contributed by atoms with Gasteiger partial charge in [0.25, 0.3) is 0 Å². The molecule has 2 aliphatic rings. The number of nitrogens with one attached hydrogen (secondary N) is 1. The van der Waals surface area contributed by atoms with Gasteiger partial charge in [0.05, 0.1) is 12.7 Å². The van der Waals surface area contributed by atoms with E-state index in [4.69, 9.17) is 4.74 Å². The summed E-state index contributed by atoms with van der Waals surface area (Å²) < 4.78 is 48.1. The van der Waals surface area contributed by atoms with Crippen molar-refractivity contribution in [3.63, 3.8) is 0 Å². The first-order chi connectivity index (χ1) is 16.3. The van der Waals surface area contributed by atoms with Crippen LogP contribution in [0.2, 0.25) is 0 Å². The molecule has 34 heavy (non-hydrogen) atoms. The third-order valence-electron chi connectivity index (χ3n) is 7.02. The van der Waals surface area contributed by atoms with Crippen LogP contribution in [0.25, 0.3) is 11.1 Å². The molecular weight excluding hydrogens is 445 g/mol. The van der Waals surface area contributed by atoms with E-state index >= 15 is 0 Å². The number of benzene rings is 2. The van der Waals surface area contributed by atoms with E-state index < -0.39 is 12.0 Å². The second kappa shape index (κ2) is 10.5. The average Bonchev–Trinajstić information content (AvgIpc) is 2.82.